The van der Waals surface area contributed by atoms with Crippen LogP contribution in [0.3, 0.4) is 0 Å². The van der Waals surface area contributed by atoms with Gasteiger partial charge in [0.25, 0.3) is 0 Å². The summed E-state index contributed by atoms with van der Waals surface area (Å²) in [5.41, 5.74) is 1.50. The third-order valence-electron chi connectivity index (χ3n) is 3.68. The van der Waals surface area contributed by atoms with Crippen molar-refractivity contribution in [2.75, 3.05) is 5.32 Å². The van der Waals surface area contributed by atoms with Gasteiger partial charge in [-0.1, -0.05) is 53.5 Å². The summed E-state index contributed by atoms with van der Waals surface area (Å²) in [6.07, 6.45) is 0. The maximum absolute atomic E-state index is 12.4. The minimum atomic E-state index is -1.10. The predicted molar refractivity (Wildman–Crippen MR) is 92.2 cm³/mol. The van der Waals surface area contributed by atoms with Gasteiger partial charge < -0.3 is 5.32 Å². The molecule has 2 aromatic rings. The van der Waals surface area contributed by atoms with Crippen molar-refractivity contribution in [1.29, 1.82) is 0 Å². The lowest BCUT2D eigenvalue weighted by Crippen LogP contribution is -2.17. The summed E-state index contributed by atoms with van der Waals surface area (Å²) in [6, 6.07) is 14.4. The average Bonchev–Trinajstić information content (AvgIpc) is 3.07. The third-order valence-corrected chi connectivity index (χ3v) is 5.36. The van der Waals surface area contributed by atoms with Crippen molar-refractivity contribution in [3.8, 4) is 0 Å². The van der Waals surface area contributed by atoms with Gasteiger partial charge in [-0.05, 0) is 23.8 Å². The molecule has 114 valence electrons. The summed E-state index contributed by atoms with van der Waals surface area (Å²) in [7, 11) is 0. The van der Waals surface area contributed by atoms with Gasteiger partial charge in [-0.2, -0.15) is 0 Å². The molecule has 1 N–H and O–H groups in total. The van der Waals surface area contributed by atoms with Crippen molar-refractivity contribution in [3.05, 3.63) is 64.1 Å². The first kappa shape index (κ1) is 15.9. The highest BCUT2D eigenvalue weighted by Crippen LogP contribution is 2.65. The van der Waals surface area contributed by atoms with E-state index >= 15 is 0 Å². The Balaban J connectivity index is 1.77. The second kappa shape index (κ2) is 5.93. The number of amides is 1. The number of halogens is 4. The van der Waals surface area contributed by atoms with Crippen molar-refractivity contribution >= 4 is 58.0 Å². The Morgan fingerprint density at radius 2 is 1.68 bits per heavy atom. The molecule has 0 bridgehead atoms. The number of carbonyl (C=O) groups excluding carboxylic acids is 1. The molecule has 0 aliphatic heterocycles. The predicted octanol–water partition coefficient (Wildman–Crippen LogP) is 5.52. The molecule has 2 nitrogen and oxygen atoms in total. The van der Waals surface area contributed by atoms with E-state index in [9.17, 15) is 4.79 Å². The highest BCUT2D eigenvalue weighted by Gasteiger charge is 2.67. The van der Waals surface area contributed by atoms with Crippen LogP contribution in [-0.4, -0.2) is 10.2 Å². The fourth-order valence-electron chi connectivity index (χ4n) is 2.52. The number of hydrogen-bond donors (Lipinski definition) is 1. The van der Waals surface area contributed by atoms with Crippen LogP contribution in [0.1, 0.15) is 11.5 Å². The number of alkyl halides is 2. The molecule has 22 heavy (non-hydrogen) atoms. The molecule has 6 heteroatoms. The van der Waals surface area contributed by atoms with Gasteiger partial charge in [-0.25, -0.2) is 0 Å². The topological polar surface area (TPSA) is 29.1 Å². The molecule has 0 saturated heterocycles. The Hall–Kier alpha value is -0.930. The van der Waals surface area contributed by atoms with Crippen LogP contribution in [-0.2, 0) is 4.79 Å². The van der Waals surface area contributed by atoms with Crippen molar-refractivity contribution in [2.45, 2.75) is 10.3 Å². The molecule has 1 aliphatic carbocycles. The van der Waals surface area contributed by atoms with Gasteiger partial charge in [-0.3, -0.25) is 4.79 Å². The van der Waals surface area contributed by atoms with Crippen LogP contribution in [0.15, 0.2) is 48.5 Å². The summed E-state index contributed by atoms with van der Waals surface area (Å²) in [5.74, 6) is -0.968. The fraction of sp³-hybridized carbons (Fsp3) is 0.188. The smallest absolute Gasteiger partial charge is 0.231 e. The van der Waals surface area contributed by atoms with Gasteiger partial charge >= 0.3 is 0 Å². The first-order valence-corrected chi connectivity index (χ1v) is 8.11. The second-order valence-corrected chi connectivity index (χ2v) is 7.42. The fourth-order valence-corrected chi connectivity index (χ4v) is 3.65. The maximum atomic E-state index is 12.4. The van der Waals surface area contributed by atoms with E-state index in [0.717, 1.165) is 5.56 Å². The van der Waals surface area contributed by atoms with Crippen molar-refractivity contribution in [1.82, 2.24) is 0 Å². The van der Waals surface area contributed by atoms with Crippen molar-refractivity contribution in [3.63, 3.8) is 0 Å². The molecule has 1 saturated carbocycles. The van der Waals surface area contributed by atoms with E-state index in [1.165, 1.54) is 0 Å². The molecule has 2 aromatic carbocycles. The Bertz CT molecular complexity index is 717. The van der Waals surface area contributed by atoms with Crippen LogP contribution >= 0.6 is 46.4 Å². The SMILES string of the molecule is O=C(Nc1ccc(Cl)c(Cl)c1)[C@@H]1[C@H](c2ccccc2)C1(Cl)Cl. The highest BCUT2D eigenvalue weighted by atomic mass is 35.5. The molecular weight excluding hydrogens is 364 g/mol. The third kappa shape index (κ3) is 2.93. The molecule has 1 amide bonds. The van der Waals surface area contributed by atoms with E-state index < -0.39 is 10.3 Å². The Kier molecular flexibility index (Phi) is 4.30. The van der Waals surface area contributed by atoms with Crippen molar-refractivity contribution < 1.29 is 4.79 Å². The largest absolute Gasteiger partial charge is 0.326 e. The van der Waals surface area contributed by atoms with E-state index in [1.807, 2.05) is 30.3 Å². The molecular formula is C16H11Cl4NO. The lowest BCUT2D eigenvalue weighted by atomic mass is 10.1. The Morgan fingerprint density at radius 1 is 1.00 bits per heavy atom. The summed E-state index contributed by atoms with van der Waals surface area (Å²) in [5, 5.41) is 3.58. The van der Waals surface area contributed by atoms with E-state index in [1.54, 1.807) is 18.2 Å². The molecule has 1 aliphatic rings. The minimum absolute atomic E-state index is 0.222. The number of nitrogens with one attached hydrogen (secondary N) is 1. The highest BCUT2D eigenvalue weighted by molar-refractivity contribution is 6.53. The van der Waals surface area contributed by atoms with Gasteiger partial charge in [0.05, 0.1) is 16.0 Å². The molecule has 0 spiro atoms. The normalized spacial score (nSPS) is 22.2. The molecule has 1 fully saturated rings. The zero-order valence-electron chi connectivity index (χ0n) is 11.2. The van der Waals surface area contributed by atoms with Gasteiger partial charge in [0, 0.05) is 11.6 Å². The van der Waals surface area contributed by atoms with Gasteiger partial charge in [0.1, 0.15) is 4.33 Å². The van der Waals surface area contributed by atoms with Crippen LogP contribution in [0.25, 0.3) is 0 Å². The lowest BCUT2D eigenvalue weighted by Gasteiger charge is -2.06. The molecule has 0 heterocycles. The zero-order valence-corrected chi connectivity index (χ0v) is 14.2. The van der Waals surface area contributed by atoms with Gasteiger partial charge in [-0.15, -0.1) is 23.2 Å². The molecule has 3 rings (SSSR count). The van der Waals surface area contributed by atoms with E-state index in [-0.39, 0.29) is 11.8 Å². The quantitative estimate of drug-likeness (QED) is 0.704. The van der Waals surface area contributed by atoms with Crippen LogP contribution in [0, 0.1) is 5.92 Å². The first-order chi connectivity index (χ1) is 10.4. The molecule has 0 aromatic heterocycles. The zero-order chi connectivity index (χ0) is 15.9. The van der Waals surface area contributed by atoms with Crippen LogP contribution in [0.5, 0.6) is 0 Å². The Labute approximate surface area is 148 Å². The summed E-state index contributed by atoms with van der Waals surface area (Å²) in [4.78, 5) is 12.4. The summed E-state index contributed by atoms with van der Waals surface area (Å²) in [6.45, 7) is 0. The monoisotopic (exact) mass is 373 g/mol. The first-order valence-electron chi connectivity index (χ1n) is 6.60. The standard InChI is InChI=1S/C16H11Cl4NO/c17-11-7-6-10(8-12(11)18)21-15(22)14-13(16(14,19)20)9-4-2-1-3-5-9/h1-8,13-14H,(H,21,22)/t13-,14-/m0/s1. The van der Waals surface area contributed by atoms with Crippen molar-refractivity contribution in [2.24, 2.45) is 5.92 Å². The van der Waals surface area contributed by atoms with E-state index in [0.29, 0.717) is 15.7 Å². The van der Waals surface area contributed by atoms with E-state index in [4.69, 9.17) is 46.4 Å². The molecule has 2 atom stereocenters. The number of rotatable bonds is 3. The van der Waals surface area contributed by atoms with Gasteiger partial charge in [0.2, 0.25) is 5.91 Å². The second-order valence-electron chi connectivity index (χ2n) is 5.16. The Morgan fingerprint density at radius 3 is 2.32 bits per heavy atom. The number of anilines is 1. The molecule has 0 unspecified atom stereocenters. The summed E-state index contributed by atoms with van der Waals surface area (Å²) < 4.78 is -1.10. The number of hydrogen-bond acceptors (Lipinski definition) is 1. The van der Waals surface area contributed by atoms with Crippen LogP contribution in [0.4, 0.5) is 5.69 Å². The lowest BCUT2D eigenvalue weighted by molar-refractivity contribution is -0.117. The minimum Gasteiger partial charge on any atom is -0.326 e. The molecule has 0 radical (unpaired) electrons. The van der Waals surface area contributed by atoms with Crippen LogP contribution < -0.4 is 5.32 Å². The van der Waals surface area contributed by atoms with Crippen LogP contribution in [0.2, 0.25) is 10.0 Å². The summed E-state index contributed by atoms with van der Waals surface area (Å²) >= 11 is 24.4. The number of benzene rings is 2. The van der Waals surface area contributed by atoms with E-state index in [2.05, 4.69) is 5.32 Å². The van der Waals surface area contributed by atoms with Gasteiger partial charge in [0.15, 0.2) is 0 Å². The average molecular weight is 375 g/mol. The maximum Gasteiger partial charge on any atom is 0.231 e. The number of carbonyl (C=O) groups is 1.